The standard InChI is InChI=1S/C14H16O5/c1-16-12-5-3-10(7-13(12)17-2)4-6-14(15)19-9-11-8-18-11/h3-7,11H,8-9H2,1-2H3. The highest BCUT2D eigenvalue weighted by molar-refractivity contribution is 5.87. The van der Waals surface area contributed by atoms with Crippen LogP contribution in [0, 0.1) is 0 Å². The van der Waals surface area contributed by atoms with Crippen LogP contribution < -0.4 is 9.47 Å². The number of methoxy groups -OCH3 is 2. The SMILES string of the molecule is COc1ccc(C=CC(=O)OCC2CO2)cc1OC. The van der Waals surface area contributed by atoms with Crippen molar-refractivity contribution in [3.05, 3.63) is 29.8 Å². The van der Waals surface area contributed by atoms with E-state index in [1.165, 1.54) is 6.08 Å². The van der Waals surface area contributed by atoms with Crippen molar-refractivity contribution in [2.45, 2.75) is 6.10 Å². The number of benzene rings is 1. The van der Waals surface area contributed by atoms with E-state index in [1.54, 1.807) is 32.4 Å². The molecule has 1 fully saturated rings. The van der Waals surface area contributed by atoms with E-state index in [0.29, 0.717) is 24.7 Å². The summed E-state index contributed by atoms with van der Waals surface area (Å²) in [5.74, 6) is 0.878. The molecule has 0 bridgehead atoms. The van der Waals surface area contributed by atoms with E-state index in [0.717, 1.165) is 5.56 Å². The van der Waals surface area contributed by atoms with E-state index in [-0.39, 0.29) is 12.1 Å². The first kappa shape index (κ1) is 13.4. The molecule has 0 aliphatic carbocycles. The van der Waals surface area contributed by atoms with Crippen LogP contribution in [-0.2, 0) is 14.3 Å². The molecule has 1 aromatic carbocycles. The summed E-state index contributed by atoms with van der Waals surface area (Å²) in [6, 6.07) is 5.39. The molecule has 0 radical (unpaired) electrons. The predicted molar refractivity (Wildman–Crippen MR) is 69.3 cm³/mol. The largest absolute Gasteiger partial charge is 0.493 e. The zero-order chi connectivity index (χ0) is 13.7. The number of hydrogen-bond acceptors (Lipinski definition) is 5. The Morgan fingerprint density at radius 1 is 1.37 bits per heavy atom. The maximum atomic E-state index is 11.4. The molecular formula is C14H16O5. The quantitative estimate of drug-likeness (QED) is 0.444. The molecule has 5 heteroatoms. The molecule has 19 heavy (non-hydrogen) atoms. The van der Waals surface area contributed by atoms with Crippen molar-refractivity contribution < 1.29 is 23.7 Å². The lowest BCUT2D eigenvalue weighted by molar-refractivity contribution is -0.138. The molecule has 1 saturated heterocycles. The van der Waals surface area contributed by atoms with Crippen LogP contribution >= 0.6 is 0 Å². The molecule has 1 aliphatic rings. The molecule has 0 amide bonds. The number of esters is 1. The highest BCUT2D eigenvalue weighted by Crippen LogP contribution is 2.27. The van der Waals surface area contributed by atoms with Crippen LogP contribution in [0.5, 0.6) is 11.5 Å². The molecule has 1 aromatic rings. The second-order valence-electron chi connectivity index (χ2n) is 4.03. The fraction of sp³-hybridized carbons (Fsp3) is 0.357. The van der Waals surface area contributed by atoms with Crippen molar-refractivity contribution in [3.8, 4) is 11.5 Å². The lowest BCUT2D eigenvalue weighted by atomic mass is 10.2. The van der Waals surface area contributed by atoms with E-state index >= 15 is 0 Å². The summed E-state index contributed by atoms with van der Waals surface area (Å²) in [5.41, 5.74) is 0.831. The van der Waals surface area contributed by atoms with Gasteiger partial charge in [0.05, 0.1) is 20.8 Å². The Kier molecular flexibility index (Phi) is 4.41. The van der Waals surface area contributed by atoms with Crippen LogP contribution in [0.15, 0.2) is 24.3 Å². The van der Waals surface area contributed by atoms with Crippen LogP contribution in [0.2, 0.25) is 0 Å². The third kappa shape index (κ3) is 3.99. The number of epoxide rings is 1. The van der Waals surface area contributed by atoms with Crippen molar-refractivity contribution in [3.63, 3.8) is 0 Å². The third-order valence-corrected chi connectivity index (χ3v) is 2.63. The first-order valence-corrected chi connectivity index (χ1v) is 5.91. The normalized spacial score (nSPS) is 17.3. The van der Waals surface area contributed by atoms with Gasteiger partial charge < -0.3 is 18.9 Å². The van der Waals surface area contributed by atoms with Crippen molar-refractivity contribution in [2.24, 2.45) is 0 Å². The second-order valence-corrected chi connectivity index (χ2v) is 4.03. The minimum atomic E-state index is -0.384. The van der Waals surface area contributed by atoms with E-state index in [4.69, 9.17) is 18.9 Å². The minimum absolute atomic E-state index is 0.0819. The van der Waals surface area contributed by atoms with Gasteiger partial charge in [-0.3, -0.25) is 0 Å². The average Bonchev–Trinajstić information content (AvgIpc) is 3.26. The van der Waals surface area contributed by atoms with Crippen LogP contribution in [0.25, 0.3) is 6.08 Å². The minimum Gasteiger partial charge on any atom is -0.493 e. The summed E-state index contributed by atoms with van der Waals surface area (Å²) in [5, 5.41) is 0. The van der Waals surface area contributed by atoms with Gasteiger partial charge in [0, 0.05) is 6.08 Å². The Balaban J connectivity index is 1.95. The molecule has 102 valence electrons. The summed E-state index contributed by atoms with van der Waals surface area (Å²) in [7, 11) is 3.14. The summed E-state index contributed by atoms with van der Waals surface area (Å²) in [6.07, 6.45) is 3.13. The van der Waals surface area contributed by atoms with Gasteiger partial charge in [0.15, 0.2) is 11.5 Å². The zero-order valence-electron chi connectivity index (χ0n) is 10.9. The van der Waals surface area contributed by atoms with E-state index < -0.39 is 0 Å². The summed E-state index contributed by atoms with van der Waals surface area (Å²) < 4.78 is 20.2. The van der Waals surface area contributed by atoms with Crippen molar-refractivity contribution in [2.75, 3.05) is 27.4 Å². The van der Waals surface area contributed by atoms with Gasteiger partial charge in [-0.05, 0) is 23.8 Å². The van der Waals surface area contributed by atoms with Gasteiger partial charge in [0.25, 0.3) is 0 Å². The molecule has 0 aromatic heterocycles. The molecule has 0 spiro atoms. The fourth-order valence-corrected chi connectivity index (χ4v) is 1.51. The van der Waals surface area contributed by atoms with Gasteiger partial charge in [0.1, 0.15) is 12.7 Å². The van der Waals surface area contributed by atoms with E-state index in [9.17, 15) is 4.79 Å². The Morgan fingerprint density at radius 2 is 2.11 bits per heavy atom. The number of hydrogen-bond donors (Lipinski definition) is 0. The topological polar surface area (TPSA) is 57.3 Å². The van der Waals surface area contributed by atoms with Crippen LogP contribution in [-0.4, -0.2) is 39.5 Å². The molecule has 0 N–H and O–H groups in total. The summed E-state index contributed by atoms with van der Waals surface area (Å²) >= 11 is 0. The van der Waals surface area contributed by atoms with Crippen molar-refractivity contribution >= 4 is 12.0 Å². The molecule has 0 saturated carbocycles. The predicted octanol–water partition coefficient (Wildman–Crippen LogP) is 1.66. The third-order valence-electron chi connectivity index (χ3n) is 2.63. The maximum absolute atomic E-state index is 11.4. The maximum Gasteiger partial charge on any atom is 0.330 e. The summed E-state index contributed by atoms with van der Waals surface area (Å²) in [6.45, 7) is 0.988. The van der Waals surface area contributed by atoms with Gasteiger partial charge in [-0.1, -0.05) is 6.07 Å². The first-order chi connectivity index (χ1) is 9.22. The van der Waals surface area contributed by atoms with E-state index in [1.807, 2.05) is 6.07 Å². The van der Waals surface area contributed by atoms with E-state index in [2.05, 4.69) is 0 Å². The van der Waals surface area contributed by atoms with Crippen molar-refractivity contribution in [1.82, 2.24) is 0 Å². The molecule has 1 heterocycles. The number of carbonyl (C=O) groups excluding carboxylic acids is 1. The van der Waals surface area contributed by atoms with Gasteiger partial charge in [-0.15, -0.1) is 0 Å². The lowest BCUT2D eigenvalue weighted by Gasteiger charge is -2.07. The van der Waals surface area contributed by atoms with Gasteiger partial charge >= 0.3 is 5.97 Å². The van der Waals surface area contributed by atoms with Crippen LogP contribution in [0.1, 0.15) is 5.56 Å². The van der Waals surface area contributed by atoms with Gasteiger partial charge in [0.2, 0.25) is 0 Å². The molecule has 2 rings (SSSR count). The Labute approximate surface area is 111 Å². The fourth-order valence-electron chi connectivity index (χ4n) is 1.51. The summed E-state index contributed by atoms with van der Waals surface area (Å²) in [4.78, 5) is 11.4. The smallest absolute Gasteiger partial charge is 0.330 e. The number of carbonyl (C=O) groups is 1. The van der Waals surface area contributed by atoms with Crippen molar-refractivity contribution in [1.29, 1.82) is 0 Å². The van der Waals surface area contributed by atoms with Gasteiger partial charge in [-0.25, -0.2) is 4.79 Å². The lowest BCUT2D eigenvalue weighted by Crippen LogP contribution is -2.06. The molecule has 5 nitrogen and oxygen atoms in total. The highest BCUT2D eigenvalue weighted by Gasteiger charge is 2.23. The van der Waals surface area contributed by atoms with Crippen LogP contribution in [0.4, 0.5) is 0 Å². The molecular weight excluding hydrogens is 248 g/mol. The number of rotatable bonds is 6. The molecule has 1 unspecified atom stereocenters. The second kappa shape index (κ2) is 6.24. The highest BCUT2D eigenvalue weighted by atomic mass is 16.6. The Bertz CT molecular complexity index is 477. The first-order valence-electron chi connectivity index (χ1n) is 5.91. The Hall–Kier alpha value is -2.01. The monoisotopic (exact) mass is 264 g/mol. The molecule has 1 atom stereocenters. The molecule has 1 aliphatic heterocycles. The van der Waals surface area contributed by atoms with Gasteiger partial charge in [-0.2, -0.15) is 0 Å². The average molecular weight is 264 g/mol. The van der Waals surface area contributed by atoms with Crippen LogP contribution in [0.3, 0.4) is 0 Å². The zero-order valence-corrected chi connectivity index (χ0v) is 10.9. The number of ether oxygens (including phenoxy) is 4. The Morgan fingerprint density at radius 3 is 2.74 bits per heavy atom.